The number of amides is 4. The largest absolute Gasteiger partial charge is 0.507 e. The Balaban J connectivity index is 1.35. The predicted molar refractivity (Wildman–Crippen MR) is 231 cm³/mol. The monoisotopic (exact) mass is 838 g/mol. The number of hydrogen-bond acceptors (Lipinski definition) is 11. The van der Waals surface area contributed by atoms with Crippen molar-refractivity contribution in [1.29, 1.82) is 0 Å². The molecule has 2 aliphatic carbocycles. The first-order valence-corrected chi connectivity index (χ1v) is 21.3. The van der Waals surface area contributed by atoms with E-state index in [2.05, 4.69) is 16.0 Å². The van der Waals surface area contributed by atoms with Crippen molar-refractivity contribution in [3.05, 3.63) is 46.5 Å². The Labute approximate surface area is 353 Å². The third-order valence-electron chi connectivity index (χ3n) is 10.9. The van der Waals surface area contributed by atoms with Gasteiger partial charge in [0.25, 0.3) is 23.6 Å². The number of ether oxygens (including phenoxy) is 2. The fourth-order valence-electron chi connectivity index (χ4n) is 7.64. The maximum Gasteiger partial charge on any atom is 0.255 e. The lowest BCUT2D eigenvalue weighted by molar-refractivity contribution is 0.0886. The Bertz CT molecular complexity index is 1780. The lowest BCUT2D eigenvalue weighted by Gasteiger charge is -2.30. The molecule has 0 atom stereocenters. The third-order valence-corrected chi connectivity index (χ3v) is 10.9. The van der Waals surface area contributed by atoms with Crippen molar-refractivity contribution in [3.8, 4) is 23.0 Å². The van der Waals surface area contributed by atoms with E-state index in [1.54, 1.807) is 6.07 Å². The van der Waals surface area contributed by atoms with Crippen molar-refractivity contribution in [2.75, 3.05) is 54.5 Å². The fraction of sp³-hybridized carbons (Fsp3) is 0.605. The first-order valence-electron chi connectivity index (χ1n) is 21.3. The fourth-order valence-corrected chi connectivity index (χ4v) is 7.64. The number of benzene rings is 2. The van der Waals surface area contributed by atoms with E-state index in [4.69, 9.17) is 31.7 Å². The van der Waals surface area contributed by atoms with Crippen molar-refractivity contribution in [3.63, 3.8) is 0 Å². The zero-order valence-electron chi connectivity index (χ0n) is 35.8. The van der Waals surface area contributed by atoms with E-state index in [1.165, 1.54) is 12.1 Å². The maximum atomic E-state index is 13.7. The highest BCUT2D eigenvalue weighted by molar-refractivity contribution is 6.04. The van der Waals surface area contributed by atoms with E-state index < -0.39 is 35.1 Å². The van der Waals surface area contributed by atoms with Gasteiger partial charge in [0.1, 0.15) is 23.0 Å². The van der Waals surface area contributed by atoms with Crippen molar-refractivity contribution < 1.29 is 38.9 Å². The SMILES string of the molecule is CN(C)C(=N[C@H]1CC[C@@H](NC(=O)c2cc(C(=O)N[C@H]3CC[C@@H](NC(=O)c4cc(C(N)=O)c(OCCCCCN)cc4OCCCCCN)CC3)c(O)cc2O)CC1)N(C)C. The van der Waals surface area contributed by atoms with Crippen LogP contribution in [0, 0.1) is 0 Å². The van der Waals surface area contributed by atoms with E-state index in [1.807, 2.05) is 38.0 Å². The average molecular weight is 838 g/mol. The van der Waals surface area contributed by atoms with Crippen molar-refractivity contribution in [2.24, 2.45) is 22.2 Å². The molecule has 0 bridgehead atoms. The number of rotatable bonds is 20. The smallest absolute Gasteiger partial charge is 0.255 e. The van der Waals surface area contributed by atoms with Gasteiger partial charge in [-0.2, -0.15) is 0 Å². The Kier molecular flexibility index (Phi) is 18.5. The van der Waals surface area contributed by atoms with E-state index in [0.29, 0.717) is 64.8 Å². The highest BCUT2D eigenvalue weighted by Crippen LogP contribution is 2.32. The number of hydrogen-bond donors (Lipinski definition) is 8. The van der Waals surface area contributed by atoms with Gasteiger partial charge in [0.05, 0.1) is 41.5 Å². The van der Waals surface area contributed by atoms with Crippen LogP contribution in [0.1, 0.15) is 131 Å². The second-order valence-corrected chi connectivity index (χ2v) is 16.2. The van der Waals surface area contributed by atoms with E-state index in [0.717, 1.165) is 63.4 Å². The van der Waals surface area contributed by atoms with Gasteiger partial charge in [0.15, 0.2) is 5.96 Å². The zero-order chi connectivity index (χ0) is 43.8. The molecule has 4 amide bonds. The summed E-state index contributed by atoms with van der Waals surface area (Å²) >= 11 is 0. The summed E-state index contributed by atoms with van der Waals surface area (Å²) in [6.07, 6.45) is 10.00. The summed E-state index contributed by atoms with van der Waals surface area (Å²) in [6.45, 7) is 1.84. The van der Waals surface area contributed by atoms with Gasteiger partial charge in [0, 0.05) is 58.4 Å². The highest BCUT2D eigenvalue weighted by atomic mass is 16.5. The Morgan fingerprint density at radius 3 is 1.42 bits per heavy atom. The van der Waals surface area contributed by atoms with Crippen molar-refractivity contribution in [1.82, 2.24) is 25.8 Å². The minimum absolute atomic E-state index is 0.0753. The first-order chi connectivity index (χ1) is 28.7. The van der Waals surface area contributed by atoms with Crippen LogP contribution in [-0.4, -0.2) is 128 Å². The Morgan fingerprint density at radius 1 is 0.600 bits per heavy atom. The second-order valence-electron chi connectivity index (χ2n) is 16.2. The number of unbranched alkanes of at least 4 members (excludes halogenated alkanes) is 4. The van der Waals surface area contributed by atoms with Gasteiger partial charge in [-0.25, -0.2) is 4.99 Å². The van der Waals surface area contributed by atoms with Crippen LogP contribution in [0.2, 0.25) is 0 Å². The summed E-state index contributed by atoms with van der Waals surface area (Å²) < 4.78 is 12.0. The third kappa shape index (κ3) is 13.9. The molecule has 17 heteroatoms. The molecule has 0 aliphatic heterocycles. The number of aliphatic imine (C=N–C) groups is 1. The molecule has 0 heterocycles. The minimum atomic E-state index is -0.734. The van der Waals surface area contributed by atoms with E-state index in [9.17, 15) is 29.4 Å². The van der Waals surface area contributed by atoms with E-state index >= 15 is 0 Å². The van der Waals surface area contributed by atoms with E-state index in [-0.39, 0.29) is 57.9 Å². The summed E-state index contributed by atoms with van der Waals surface area (Å²) in [5.74, 6) is -1.76. The molecule has 60 heavy (non-hydrogen) atoms. The number of nitrogens with one attached hydrogen (secondary N) is 3. The number of aromatic hydroxyl groups is 2. The summed E-state index contributed by atoms with van der Waals surface area (Å²) in [6, 6.07) is 4.69. The van der Waals surface area contributed by atoms with Gasteiger partial charge >= 0.3 is 0 Å². The molecule has 0 radical (unpaired) electrons. The number of carbonyl (C=O) groups excluding carboxylic acids is 4. The van der Waals surface area contributed by atoms with Crippen LogP contribution in [0.3, 0.4) is 0 Å². The molecule has 0 unspecified atom stereocenters. The normalized spacial score (nSPS) is 18.8. The molecule has 2 fully saturated rings. The molecule has 4 rings (SSSR count). The van der Waals surface area contributed by atoms with Gasteiger partial charge in [-0.1, -0.05) is 0 Å². The minimum Gasteiger partial charge on any atom is -0.507 e. The highest BCUT2D eigenvalue weighted by Gasteiger charge is 2.29. The molecule has 2 aromatic carbocycles. The Hall–Kier alpha value is -5.29. The maximum absolute atomic E-state index is 13.7. The molecule has 2 aliphatic rings. The summed E-state index contributed by atoms with van der Waals surface area (Å²) in [7, 11) is 7.80. The van der Waals surface area contributed by atoms with Crippen molar-refractivity contribution in [2.45, 2.75) is 114 Å². The standard InChI is InChI=1S/C43H67N9O8/c1-51(2)43(52(3)4)50-30-17-15-28(16-18-30)48-41(57)32-23-31(35(53)25-36(32)54)40(56)47-27-11-13-29(14-12-27)49-42(58)34-24-33(39(46)55)37(59-21-9-5-7-19-44)26-38(34)60-22-10-6-8-20-45/h23-30,53-54H,5-22,44-45H2,1-4H3,(H2,46,55)(H,47,56)(H,48,57)(H,49,58)/t27-,28-,29+,30+. The number of nitrogens with zero attached hydrogens (tertiary/aromatic N) is 3. The molecule has 11 N–H and O–H groups in total. The Morgan fingerprint density at radius 2 is 1.00 bits per heavy atom. The number of phenols is 2. The van der Waals surface area contributed by atoms with Gasteiger partial charge in [-0.15, -0.1) is 0 Å². The quantitative estimate of drug-likeness (QED) is 0.0544. The van der Waals surface area contributed by atoms with Crippen LogP contribution >= 0.6 is 0 Å². The van der Waals surface area contributed by atoms with Crippen LogP contribution in [-0.2, 0) is 0 Å². The second kappa shape index (κ2) is 23.5. The molecule has 2 aromatic rings. The van der Waals surface area contributed by atoms with Crippen LogP contribution in [0.4, 0.5) is 0 Å². The van der Waals surface area contributed by atoms with Crippen LogP contribution in [0.5, 0.6) is 23.0 Å². The first kappa shape index (κ1) is 47.4. The summed E-state index contributed by atoms with van der Waals surface area (Å²) in [5, 5.41) is 30.2. The number of guanidine groups is 1. The molecular formula is C43H67N9O8. The lowest BCUT2D eigenvalue weighted by Crippen LogP contribution is -2.44. The summed E-state index contributed by atoms with van der Waals surface area (Å²) in [5.41, 5.74) is 17.0. The van der Waals surface area contributed by atoms with Crippen LogP contribution < -0.4 is 42.6 Å². The zero-order valence-corrected chi connectivity index (χ0v) is 35.8. The number of primary amides is 1. The molecule has 0 saturated heterocycles. The van der Waals surface area contributed by atoms with Crippen molar-refractivity contribution >= 4 is 29.6 Å². The van der Waals surface area contributed by atoms with Gasteiger partial charge < -0.3 is 62.6 Å². The lowest BCUT2D eigenvalue weighted by atomic mass is 9.90. The van der Waals surface area contributed by atoms with Gasteiger partial charge in [0.2, 0.25) is 0 Å². The topological polar surface area (TPSA) is 260 Å². The number of phenolic OH excluding ortho intramolecular Hbond substituents is 2. The molecule has 2 saturated carbocycles. The van der Waals surface area contributed by atoms with Gasteiger partial charge in [-0.05, 0) is 115 Å². The van der Waals surface area contributed by atoms with Crippen LogP contribution in [0.15, 0.2) is 29.3 Å². The molecular weight excluding hydrogens is 771 g/mol. The number of carbonyl (C=O) groups is 4. The molecule has 0 spiro atoms. The predicted octanol–water partition coefficient (Wildman–Crippen LogP) is 3.20. The molecule has 332 valence electrons. The molecule has 17 nitrogen and oxygen atoms in total. The average Bonchev–Trinajstić information content (AvgIpc) is 3.20. The number of nitrogens with two attached hydrogens (primary N) is 3. The van der Waals surface area contributed by atoms with Crippen LogP contribution in [0.25, 0.3) is 0 Å². The molecule has 0 aromatic heterocycles. The summed E-state index contributed by atoms with van der Waals surface area (Å²) in [4.78, 5) is 61.8. The van der Waals surface area contributed by atoms with Gasteiger partial charge in [-0.3, -0.25) is 19.2 Å².